The molecule has 1 aromatic carbocycles. The largest absolute Gasteiger partial charge is 0.339 e. The SMILES string of the molecule is CCc1c(C(=O)N2CCN(C(C)=O)CC2)cnn1-c1ccc(C)cc1. The van der Waals surface area contributed by atoms with Gasteiger partial charge in [-0.05, 0) is 25.5 Å². The fraction of sp³-hybridized carbons (Fsp3) is 0.421. The van der Waals surface area contributed by atoms with E-state index < -0.39 is 0 Å². The molecule has 1 aliphatic heterocycles. The van der Waals surface area contributed by atoms with Crippen molar-refractivity contribution < 1.29 is 9.59 Å². The lowest BCUT2D eigenvalue weighted by molar-refractivity contribution is -0.130. The zero-order chi connectivity index (χ0) is 18.0. The van der Waals surface area contributed by atoms with Crippen molar-refractivity contribution in [3.8, 4) is 5.69 Å². The highest BCUT2D eigenvalue weighted by atomic mass is 16.2. The van der Waals surface area contributed by atoms with Gasteiger partial charge in [-0.25, -0.2) is 4.68 Å². The highest BCUT2D eigenvalue weighted by Crippen LogP contribution is 2.19. The molecule has 2 aromatic rings. The van der Waals surface area contributed by atoms with Crippen LogP contribution in [0.4, 0.5) is 0 Å². The summed E-state index contributed by atoms with van der Waals surface area (Å²) in [5, 5.41) is 4.45. The van der Waals surface area contributed by atoms with Crippen molar-refractivity contribution in [1.82, 2.24) is 19.6 Å². The summed E-state index contributed by atoms with van der Waals surface area (Å²) in [6.07, 6.45) is 2.39. The van der Waals surface area contributed by atoms with Crippen LogP contribution in [0.1, 0.15) is 35.5 Å². The molecule has 0 spiro atoms. The highest BCUT2D eigenvalue weighted by molar-refractivity contribution is 5.95. The summed E-state index contributed by atoms with van der Waals surface area (Å²) in [6.45, 7) is 7.96. The monoisotopic (exact) mass is 340 g/mol. The van der Waals surface area contributed by atoms with Crippen molar-refractivity contribution in [1.29, 1.82) is 0 Å². The molecule has 6 heteroatoms. The molecule has 0 aliphatic carbocycles. The Morgan fingerprint density at radius 3 is 2.20 bits per heavy atom. The molecule has 0 radical (unpaired) electrons. The first kappa shape index (κ1) is 17.2. The number of rotatable bonds is 3. The van der Waals surface area contributed by atoms with Gasteiger partial charge in [0.25, 0.3) is 5.91 Å². The van der Waals surface area contributed by atoms with Crippen LogP contribution in [0, 0.1) is 6.92 Å². The summed E-state index contributed by atoms with van der Waals surface area (Å²) in [5.41, 5.74) is 3.72. The highest BCUT2D eigenvalue weighted by Gasteiger charge is 2.26. The van der Waals surface area contributed by atoms with Crippen molar-refractivity contribution in [2.24, 2.45) is 0 Å². The Labute approximate surface area is 148 Å². The fourth-order valence-corrected chi connectivity index (χ4v) is 3.20. The molecule has 25 heavy (non-hydrogen) atoms. The van der Waals surface area contributed by atoms with E-state index in [1.807, 2.05) is 47.7 Å². The number of aryl methyl sites for hydroxylation is 1. The Balaban J connectivity index is 1.82. The summed E-state index contributed by atoms with van der Waals surface area (Å²) >= 11 is 0. The van der Waals surface area contributed by atoms with Crippen LogP contribution in [0.2, 0.25) is 0 Å². The fourth-order valence-electron chi connectivity index (χ4n) is 3.20. The maximum Gasteiger partial charge on any atom is 0.257 e. The van der Waals surface area contributed by atoms with E-state index in [1.165, 1.54) is 5.56 Å². The van der Waals surface area contributed by atoms with Crippen LogP contribution in [0.25, 0.3) is 5.69 Å². The quantitative estimate of drug-likeness (QED) is 0.859. The number of carbonyl (C=O) groups is 2. The summed E-state index contributed by atoms with van der Waals surface area (Å²) in [7, 11) is 0. The van der Waals surface area contributed by atoms with Gasteiger partial charge in [0, 0.05) is 33.1 Å². The lowest BCUT2D eigenvalue weighted by atomic mass is 10.1. The van der Waals surface area contributed by atoms with Gasteiger partial charge in [0.1, 0.15) is 0 Å². The van der Waals surface area contributed by atoms with Crippen LogP contribution in [-0.2, 0) is 11.2 Å². The predicted molar refractivity (Wildman–Crippen MR) is 95.8 cm³/mol. The minimum absolute atomic E-state index is 0.00147. The predicted octanol–water partition coefficient (Wildman–Crippen LogP) is 2.05. The van der Waals surface area contributed by atoms with Crippen LogP contribution >= 0.6 is 0 Å². The van der Waals surface area contributed by atoms with E-state index in [0.717, 1.165) is 17.8 Å². The molecule has 0 saturated carbocycles. The van der Waals surface area contributed by atoms with Gasteiger partial charge in [0.15, 0.2) is 0 Å². The van der Waals surface area contributed by atoms with Crippen LogP contribution in [-0.4, -0.2) is 57.6 Å². The molecule has 132 valence electrons. The van der Waals surface area contributed by atoms with Gasteiger partial charge in [-0.3, -0.25) is 9.59 Å². The van der Waals surface area contributed by atoms with E-state index in [4.69, 9.17) is 0 Å². The molecule has 2 heterocycles. The Kier molecular flexibility index (Phi) is 4.88. The van der Waals surface area contributed by atoms with Gasteiger partial charge in [0.05, 0.1) is 23.1 Å². The molecule has 0 unspecified atom stereocenters. The van der Waals surface area contributed by atoms with Gasteiger partial charge >= 0.3 is 0 Å². The molecule has 0 bridgehead atoms. The van der Waals surface area contributed by atoms with Crippen LogP contribution in [0.5, 0.6) is 0 Å². The first-order valence-electron chi connectivity index (χ1n) is 8.70. The molecule has 0 N–H and O–H groups in total. The Hall–Kier alpha value is -2.63. The molecule has 1 saturated heterocycles. The molecular weight excluding hydrogens is 316 g/mol. The minimum atomic E-state index is -0.00147. The maximum absolute atomic E-state index is 12.9. The third-order valence-corrected chi connectivity index (χ3v) is 4.72. The minimum Gasteiger partial charge on any atom is -0.339 e. The summed E-state index contributed by atoms with van der Waals surface area (Å²) in [5.74, 6) is 0.0620. The van der Waals surface area contributed by atoms with E-state index >= 15 is 0 Å². The van der Waals surface area contributed by atoms with E-state index in [-0.39, 0.29) is 11.8 Å². The molecule has 0 atom stereocenters. The lowest BCUT2D eigenvalue weighted by Gasteiger charge is -2.34. The van der Waals surface area contributed by atoms with Crippen molar-refractivity contribution >= 4 is 11.8 Å². The number of hydrogen-bond donors (Lipinski definition) is 0. The van der Waals surface area contributed by atoms with Crippen molar-refractivity contribution in [3.05, 3.63) is 47.3 Å². The van der Waals surface area contributed by atoms with Crippen molar-refractivity contribution in [3.63, 3.8) is 0 Å². The van der Waals surface area contributed by atoms with E-state index in [1.54, 1.807) is 18.0 Å². The molecule has 1 fully saturated rings. The van der Waals surface area contributed by atoms with Gasteiger partial charge in [-0.2, -0.15) is 5.10 Å². The second kappa shape index (κ2) is 7.09. The standard InChI is InChI=1S/C19H24N4O2/c1-4-18-17(13-20-23(18)16-7-5-14(2)6-8-16)19(25)22-11-9-21(10-12-22)15(3)24/h5-8,13H,4,9-12H2,1-3H3. The molecule has 1 aromatic heterocycles. The third kappa shape index (κ3) is 3.43. The number of amides is 2. The Bertz CT molecular complexity index is 771. The van der Waals surface area contributed by atoms with Gasteiger partial charge in [0.2, 0.25) is 5.91 Å². The van der Waals surface area contributed by atoms with Gasteiger partial charge in [-0.15, -0.1) is 0 Å². The van der Waals surface area contributed by atoms with E-state index in [0.29, 0.717) is 31.7 Å². The van der Waals surface area contributed by atoms with E-state index in [9.17, 15) is 9.59 Å². The third-order valence-electron chi connectivity index (χ3n) is 4.72. The smallest absolute Gasteiger partial charge is 0.257 e. The number of carbonyl (C=O) groups excluding carboxylic acids is 2. The van der Waals surface area contributed by atoms with Crippen LogP contribution in [0.15, 0.2) is 30.5 Å². The zero-order valence-electron chi connectivity index (χ0n) is 15.0. The number of benzene rings is 1. The van der Waals surface area contributed by atoms with Crippen LogP contribution in [0.3, 0.4) is 0 Å². The second-order valence-corrected chi connectivity index (χ2v) is 6.40. The lowest BCUT2D eigenvalue weighted by Crippen LogP contribution is -2.50. The first-order valence-corrected chi connectivity index (χ1v) is 8.70. The van der Waals surface area contributed by atoms with Crippen LogP contribution < -0.4 is 0 Å². The molecule has 2 amide bonds. The van der Waals surface area contributed by atoms with Crippen molar-refractivity contribution in [2.75, 3.05) is 26.2 Å². The van der Waals surface area contributed by atoms with Gasteiger partial charge < -0.3 is 9.80 Å². The number of piperazine rings is 1. The Morgan fingerprint density at radius 1 is 1.04 bits per heavy atom. The summed E-state index contributed by atoms with van der Waals surface area (Å²) in [6, 6.07) is 8.11. The normalized spacial score (nSPS) is 14.7. The molecule has 3 rings (SSSR count). The topological polar surface area (TPSA) is 58.4 Å². The van der Waals surface area contributed by atoms with Gasteiger partial charge in [-0.1, -0.05) is 24.6 Å². The average Bonchev–Trinajstić information content (AvgIpc) is 3.05. The number of nitrogens with zero attached hydrogens (tertiary/aromatic N) is 4. The maximum atomic E-state index is 12.9. The second-order valence-electron chi connectivity index (χ2n) is 6.40. The summed E-state index contributed by atoms with van der Waals surface area (Å²) < 4.78 is 1.85. The average molecular weight is 340 g/mol. The molecular formula is C19H24N4O2. The zero-order valence-corrected chi connectivity index (χ0v) is 15.0. The summed E-state index contributed by atoms with van der Waals surface area (Å²) in [4.78, 5) is 28.0. The number of aromatic nitrogens is 2. The molecule has 1 aliphatic rings. The van der Waals surface area contributed by atoms with Crippen molar-refractivity contribution in [2.45, 2.75) is 27.2 Å². The van der Waals surface area contributed by atoms with E-state index in [2.05, 4.69) is 5.10 Å². The number of hydrogen-bond acceptors (Lipinski definition) is 3. The first-order chi connectivity index (χ1) is 12.0. The Morgan fingerprint density at radius 2 is 1.64 bits per heavy atom. The molecule has 6 nitrogen and oxygen atoms in total.